The molecule has 2 N–H and O–H groups in total. The van der Waals surface area contributed by atoms with E-state index in [1.807, 2.05) is 13.8 Å². The van der Waals surface area contributed by atoms with Gasteiger partial charge in [-0.1, -0.05) is 0 Å². The van der Waals surface area contributed by atoms with Crippen molar-refractivity contribution < 1.29 is 14.0 Å². The van der Waals surface area contributed by atoms with Crippen molar-refractivity contribution in [2.24, 2.45) is 0 Å². The summed E-state index contributed by atoms with van der Waals surface area (Å²) in [5.41, 5.74) is 3.67. The predicted octanol–water partition coefficient (Wildman–Crippen LogP) is 2.88. The number of halogens is 1. The standard InChI is InChI=1S/C18H22FN3O2/c1-12-16(13(2)22-21-12)4-3-11-20-18(24)10-9-17(23)14-5-7-15(19)8-6-14/h5-8H,3-4,9-11H2,1-2H3,(H,20,24)(H,21,22). The number of amides is 1. The van der Waals surface area contributed by atoms with Crippen molar-refractivity contribution in [1.29, 1.82) is 0 Å². The van der Waals surface area contributed by atoms with Gasteiger partial charge in [-0.3, -0.25) is 14.7 Å². The highest BCUT2D eigenvalue weighted by atomic mass is 19.1. The van der Waals surface area contributed by atoms with Gasteiger partial charge in [0.1, 0.15) is 5.82 Å². The fraction of sp³-hybridized carbons (Fsp3) is 0.389. The first-order valence-electron chi connectivity index (χ1n) is 8.03. The number of nitrogens with zero attached hydrogens (tertiary/aromatic N) is 1. The van der Waals surface area contributed by atoms with Gasteiger partial charge >= 0.3 is 0 Å². The molecule has 0 radical (unpaired) electrons. The Morgan fingerprint density at radius 2 is 1.88 bits per heavy atom. The van der Waals surface area contributed by atoms with Crippen LogP contribution in [0.1, 0.15) is 46.6 Å². The molecule has 24 heavy (non-hydrogen) atoms. The van der Waals surface area contributed by atoms with Crippen LogP contribution in [0.4, 0.5) is 4.39 Å². The number of aryl methyl sites for hydroxylation is 2. The number of nitrogens with one attached hydrogen (secondary N) is 2. The van der Waals surface area contributed by atoms with Gasteiger partial charge in [-0.25, -0.2) is 4.39 Å². The van der Waals surface area contributed by atoms with Gasteiger partial charge in [-0.2, -0.15) is 5.10 Å². The fourth-order valence-electron chi connectivity index (χ4n) is 2.53. The summed E-state index contributed by atoms with van der Waals surface area (Å²) in [6.07, 6.45) is 1.93. The van der Waals surface area contributed by atoms with Crippen molar-refractivity contribution in [1.82, 2.24) is 15.5 Å². The largest absolute Gasteiger partial charge is 0.356 e. The SMILES string of the molecule is Cc1n[nH]c(C)c1CCCNC(=O)CCC(=O)c1ccc(F)cc1. The Labute approximate surface area is 140 Å². The number of benzene rings is 1. The average Bonchev–Trinajstić information content (AvgIpc) is 2.88. The third-order valence-corrected chi connectivity index (χ3v) is 3.95. The van der Waals surface area contributed by atoms with Crippen LogP contribution in [0.5, 0.6) is 0 Å². The zero-order valence-corrected chi connectivity index (χ0v) is 14.0. The molecule has 5 nitrogen and oxygen atoms in total. The van der Waals surface area contributed by atoms with E-state index in [1.165, 1.54) is 29.8 Å². The van der Waals surface area contributed by atoms with Crippen LogP contribution in [-0.2, 0) is 11.2 Å². The topological polar surface area (TPSA) is 74.8 Å². The van der Waals surface area contributed by atoms with Gasteiger partial charge in [0.15, 0.2) is 5.78 Å². The molecule has 0 aliphatic carbocycles. The Kier molecular flexibility index (Phi) is 6.23. The molecule has 0 fully saturated rings. The van der Waals surface area contributed by atoms with Crippen LogP contribution in [0, 0.1) is 19.7 Å². The van der Waals surface area contributed by atoms with Gasteiger partial charge in [-0.05, 0) is 56.5 Å². The molecular weight excluding hydrogens is 309 g/mol. The molecule has 6 heteroatoms. The number of H-pyrrole nitrogens is 1. The second kappa shape index (κ2) is 8.38. The summed E-state index contributed by atoms with van der Waals surface area (Å²) in [5.74, 6) is -0.687. The van der Waals surface area contributed by atoms with E-state index in [0.29, 0.717) is 12.1 Å². The van der Waals surface area contributed by atoms with Crippen molar-refractivity contribution in [3.8, 4) is 0 Å². The van der Waals surface area contributed by atoms with E-state index in [4.69, 9.17) is 0 Å². The number of Topliss-reactive ketones (excluding diaryl/α,β-unsaturated/α-hetero) is 1. The van der Waals surface area contributed by atoms with Gasteiger partial charge in [-0.15, -0.1) is 0 Å². The molecule has 0 aliphatic heterocycles. The van der Waals surface area contributed by atoms with Crippen LogP contribution in [0.2, 0.25) is 0 Å². The van der Waals surface area contributed by atoms with E-state index in [-0.39, 0.29) is 30.3 Å². The molecule has 0 spiro atoms. The number of hydrogen-bond acceptors (Lipinski definition) is 3. The third kappa shape index (κ3) is 5.01. The number of aromatic amines is 1. The highest BCUT2D eigenvalue weighted by Crippen LogP contribution is 2.11. The zero-order chi connectivity index (χ0) is 17.5. The number of carbonyl (C=O) groups excluding carboxylic acids is 2. The van der Waals surface area contributed by atoms with E-state index in [2.05, 4.69) is 15.5 Å². The molecule has 1 aromatic carbocycles. The minimum atomic E-state index is -0.382. The monoisotopic (exact) mass is 331 g/mol. The van der Waals surface area contributed by atoms with Crippen LogP contribution in [0.3, 0.4) is 0 Å². The van der Waals surface area contributed by atoms with E-state index in [0.717, 1.165) is 24.2 Å². The van der Waals surface area contributed by atoms with Gasteiger partial charge in [0.05, 0.1) is 5.69 Å². The van der Waals surface area contributed by atoms with Crippen molar-refractivity contribution >= 4 is 11.7 Å². The van der Waals surface area contributed by atoms with Gasteiger partial charge in [0.25, 0.3) is 0 Å². The number of aromatic nitrogens is 2. The summed E-state index contributed by atoms with van der Waals surface area (Å²) in [6.45, 7) is 4.50. The maximum Gasteiger partial charge on any atom is 0.220 e. The first-order valence-corrected chi connectivity index (χ1v) is 8.03. The highest BCUT2D eigenvalue weighted by Gasteiger charge is 2.10. The second-order valence-electron chi connectivity index (χ2n) is 5.80. The van der Waals surface area contributed by atoms with Crippen LogP contribution >= 0.6 is 0 Å². The van der Waals surface area contributed by atoms with Gasteiger partial charge in [0.2, 0.25) is 5.91 Å². The number of hydrogen-bond donors (Lipinski definition) is 2. The van der Waals surface area contributed by atoms with Crippen molar-refractivity contribution in [2.45, 2.75) is 39.5 Å². The van der Waals surface area contributed by atoms with E-state index in [1.54, 1.807) is 0 Å². The second-order valence-corrected chi connectivity index (χ2v) is 5.80. The van der Waals surface area contributed by atoms with Crippen LogP contribution < -0.4 is 5.32 Å². The first-order chi connectivity index (χ1) is 11.5. The Morgan fingerprint density at radius 3 is 2.50 bits per heavy atom. The third-order valence-electron chi connectivity index (χ3n) is 3.95. The lowest BCUT2D eigenvalue weighted by molar-refractivity contribution is -0.121. The van der Waals surface area contributed by atoms with Crippen LogP contribution in [-0.4, -0.2) is 28.4 Å². The highest BCUT2D eigenvalue weighted by molar-refractivity contribution is 5.97. The maximum absolute atomic E-state index is 12.8. The molecular formula is C18H22FN3O2. The molecule has 2 aromatic rings. The number of rotatable bonds is 8. The van der Waals surface area contributed by atoms with Crippen molar-refractivity contribution in [2.75, 3.05) is 6.54 Å². The Bertz CT molecular complexity index is 688. The van der Waals surface area contributed by atoms with E-state index in [9.17, 15) is 14.0 Å². The lowest BCUT2D eigenvalue weighted by atomic mass is 10.1. The molecule has 0 saturated heterocycles. The van der Waals surface area contributed by atoms with Crippen LogP contribution in [0.25, 0.3) is 0 Å². The lowest BCUT2D eigenvalue weighted by Gasteiger charge is -2.06. The van der Waals surface area contributed by atoms with Crippen LogP contribution in [0.15, 0.2) is 24.3 Å². The quantitative estimate of drug-likeness (QED) is 0.577. The number of ketones is 1. The fourth-order valence-corrected chi connectivity index (χ4v) is 2.53. The average molecular weight is 331 g/mol. The molecule has 0 atom stereocenters. The normalized spacial score (nSPS) is 10.6. The lowest BCUT2D eigenvalue weighted by Crippen LogP contribution is -2.25. The Morgan fingerprint density at radius 1 is 1.17 bits per heavy atom. The minimum absolute atomic E-state index is 0.122. The molecule has 2 rings (SSSR count). The number of carbonyl (C=O) groups is 2. The Hall–Kier alpha value is -2.50. The zero-order valence-electron chi connectivity index (χ0n) is 14.0. The maximum atomic E-state index is 12.8. The minimum Gasteiger partial charge on any atom is -0.356 e. The molecule has 1 amide bonds. The van der Waals surface area contributed by atoms with Crippen molar-refractivity contribution in [3.63, 3.8) is 0 Å². The van der Waals surface area contributed by atoms with E-state index < -0.39 is 0 Å². The van der Waals surface area contributed by atoms with Gasteiger partial charge in [0, 0.05) is 30.6 Å². The summed E-state index contributed by atoms with van der Waals surface area (Å²) < 4.78 is 12.8. The molecule has 0 bridgehead atoms. The van der Waals surface area contributed by atoms with E-state index >= 15 is 0 Å². The summed E-state index contributed by atoms with van der Waals surface area (Å²) in [6, 6.07) is 5.36. The predicted molar refractivity (Wildman–Crippen MR) is 89.4 cm³/mol. The summed E-state index contributed by atoms with van der Waals surface area (Å²) >= 11 is 0. The van der Waals surface area contributed by atoms with Gasteiger partial charge < -0.3 is 5.32 Å². The summed E-state index contributed by atoms with van der Waals surface area (Å²) in [4.78, 5) is 23.7. The summed E-state index contributed by atoms with van der Waals surface area (Å²) in [5, 5.41) is 9.90. The summed E-state index contributed by atoms with van der Waals surface area (Å²) in [7, 11) is 0. The molecule has 1 aromatic heterocycles. The van der Waals surface area contributed by atoms with Crippen molar-refractivity contribution in [3.05, 3.63) is 52.6 Å². The molecule has 0 unspecified atom stereocenters. The smallest absolute Gasteiger partial charge is 0.220 e. The molecule has 128 valence electrons. The first kappa shape index (κ1) is 17.8. The molecule has 0 saturated carbocycles. The molecule has 1 heterocycles. The molecule has 0 aliphatic rings. The Balaban J connectivity index is 1.66.